The van der Waals surface area contributed by atoms with Gasteiger partial charge in [-0.25, -0.2) is 8.42 Å². The molecular formula is C22H26N2O5S. The van der Waals surface area contributed by atoms with Crippen LogP contribution in [0.15, 0.2) is 59.5 Å². The van der Waals surface area contributed by atoms with Crippen LogP contribution in [-0.4, -0.2) is 57.7 Å². The average Bonchev–Trinajstić information content (AvgIpc) is 2.78. The van der Waals surface area contributed by atoms with Gasteiger partial charge in [-0.2, -0.15) is 0 Å². The van der Waals surface area contributed by atoms with E-state index in [-0.39, 0.29) is 35.0 Å². The SMILES string of the molecule is COCCS(=O)(=O)c1ccc(C(=O)N2CCCC(C(=O)Nc3ccccc3)C2)cc1. The van der Waals surface area contributed by atoms with Gasteiger partial charge >= 0.3 is 0 Å². The molecule has 0 bridgehead atoms. The molecule has 3 rings (SSSR count). The van der Waals surface area contributed by atoms with Crippen molar-refractivity contribution in [3.63, 3.8) is 0 Å². The molecule has 1 aliphatic heterocycles. The van der Waals surface area contributed by atoms with Crippen LogP contribution in [0.4, 0.5) is 5.69 Å². The number of para-hydroxylation sites is 1. The van der Waals surface area contributed by atoms with Crippen molar-refractivity contribution in [3.05, 3.63) is 60.2 Å². The van der Waals surface area contributed by atoms with Gasteiger partial charge in [0.25, 0.3) is 5.91 Å². The molecule has 1 unspecified atom stereocenters. The highest BCUT2D eigenvalue weighted by molar-refractivity contribution is 7.91. The third-order valence-electron chi connectivity index (χ3n) is 5.14. The zero-order valence-corrected chi connectivity index (χ0v) is 17.7. The molecule has 160 valence electrons. The molecule has 0 saturated carbocycles. The maximum Gasteiger partial charge on any atom is 0.253 e. The summed E-state index contributed by atoms with van der Waals surface area (Å²) >= 11 is 0. The molecule has 0 aliphatic carbocycles. The summed E-state index contributed by atoms with van der Waals surface area (Å²) in [6.07, 6.45) is 1.46. The molecule has 1 N–H and O–H groups in total. The smallest absolute Gasteiger partial charge is 0.253 e. The largest absolute Gasteiger partial charge is 0.384 e. The first kappa shape index (κ1) is 22.0. The monoisotopic (exact) mass is 430 g/mol. The van der Waals surface area contributed by atoms with Crippen LogP contribution >= 0.6 is 0 Å². The van der Waals surface area contributed by atoms with Crippen LogP contribution in [0.25, 0.3) is 0 Å². The van der Waals surface area contributed by atoms with E-state index >= 15 is 0 Å². The number of nitrogens with zero attached hydrogens (tertiary/aromatic N) is 1. The zero-order valence-electron chi connectivity index (χ0n) is 16.9. The molecule has 7 nitrogen and oxygen atoms in total. The molecule has 2 amide bonds. The second-order valence-electron chi connectivity index (χ2n) is 7.28. The molecule has 30 heavy (non-hydrogen) atoms. The predicted octanol–water partition coefficient (Wildman–Crippen LogP) is 2.60. The standard InChI is InChI=1S/C22H26N2O5S/c1-29-14-15-30(27,28)20-11-9-17(10-12-20)22(26)24-13-5-6-18(16-24)21(25)23-19-7-3-2-4-8-19/h2-4,7-12,18H,5-6,13-16H2,1H3,(H,23,25). The Kier molecular flexibility index (Phi) is 7.23. The highest BCUT2D eigenvalue weighted by Gasteiger charge is 2.29. The molecule has 1 fully saturated rings. The second-order valence-corrected chi connectivity index (χ2v) is 9.39. The summed E-state index contributed by atoms with van der Waals surface area (Å²) in [6, 6.07) is 15.2. The normalized spacial score (nSPS) is 16.8. The Morgan fingerprint density at radius 1 is 1.10 bits per heavy atom. The van der Waals surface area contributed by atoms with Crippen LogP contribution in [0.1, 0.15) is 23.2 Å². The van der Waals surface area contributed by atoms with E-state index in [0.717, 1.165) is 18.5 Å². The van der Waals surface area contributed by atoms with Crippen LogP contribution in [-0.2, 0) is 19.4 Å². The number of anilines is 1. The van der Waals surface area contributed by atoms with Gasteiger partial charge < -0.3 is 15.0 Å². The zero-order chi connectivity index (χ0) is 21.6. The number of piperidine rings is 1. The van der Waals surface area contributed by atoms with Gasteiger partial charge in [-0.05, 0) is 49.2 Å². The van der Waals surface area contributed by atoms with E-state index in [2.05, 4.69) is 5.32 Å². The molecule has 1 aliphatic rings. The second kappa shape index (κ2) is 9.86. The highest BCUT2D eigenvalue weighted by atomic mass is 32.2. The first-order valence-corrected chi connectivity index (χ1v) is 11.5. The number of hydrogen-bond donors (Lipinski definition) is 1. The summed E-state index contributed by atoms with van der Waals surface area (Å²) < 4.78 is 29.3. The Morgan fingerprint density at radius 2 is 1.80 bits per heavy atom. The van der Waals surface area contributed by atoms with Crippen molar-refractivity contribution >= 4 is 27.3 Å². The lowest BCUT2D eigenvalue weighted by Gasteiger charge is -2.32. The first-order chi connectivity index (χ1) is 14.4. The minimum absolute atomic E-state index is 0.0988. The lowest BCUT2D eigenvalue weighted by molar-refractivity contribution is -0.121. The van der Waals surface area contributed by atoms with Gasteiger partial charge in [0.1, 0.15) is 0 Å². The molecule has 0 spiro atoms. The molecule has 2 aromatic carbocycles. The van der Waals surface area contributed by atoms with Crippen LogP contribution in [0, 0.1) is 5.92 Å². The van der Waals surface area contributed by atoms with Crippen LogP contribution in [0.5, 0.6) is 0 Å². The van der Waals surface area contributed by atoms with Gasteiger partial charge in [0.2, 0.25) is 5.91 Å². The summed E-state index contributed by atoms with van der Waals surface area (Å²) in [6.45, 7) is 1.02. The Bertz CT molecular complexity index is 974. The molecule has 2 aromatic rings. The van der Waals surface area contributed by atoms with Crippen molar-refractivity contribution < 1.29 is 22.7 Å². The number of sulfone groups is 1. The van der Waals surface area contributed by atoms with E-state index < -0.39 is 9.84 Å². The fraction of sp³-hybridized carbons (Fsp3) is 0.364. The third kappa shape index (κ3) is 5.46. The van der Waals surface area contributed by atoms with E-state index in [1.165, 1.54) is 31.4 Å². The van der Waals surface area contributed by atoms with Crippen molar-refractivity contribution in [1.29, 1.82) is 0 Å². The van der Waals surface area contributed by atoms with Crippen molar-refractivity contribution in [3.8, 4) is 0 Å². The van der Waals surface area contributed by atoms with E-state index in [9.17, 15) is 18.0 Å². The van der Waals surface area contributed by atoms with Crippen molar-refractivity contribution in [1.82, 2.24) is 4.90 Å². The minimum atomic E-state index is -3.44. The fourth-order valence-corrected chi connectivity index (χ4v) is 4.61. The quantitative estimate of drug-likeness (QED) is 0.729. The number of amides is 2. The van der Waals surface area contributed by atoms with Gasteiger partial charge in [0, 0.05) is 31.5 Å². The van der Waals surface area contributed by atoms with Gasteiger partial charge in [-0.3, -0.25) is 9.59 Å². The number of methoxy groups -OCH3 is 1. The van der Waals surface area contributed by atoms with E-state index in [4.69, 9.17) is 4.74 Å². The van der Waals surface area contributed by atoms with Crippen LogP contribution in [0.2, 0.25) is 0 Å². The number of likely N-dealkylation sites (tertiary alicyclic amines) is 1. The fourth-order valence-electron chi connectivity index (χ4n) is 3.44. The number of carbonyl (C=O) groups excluding carboxylic acids is 2. The van der Waals surface area contributed by atoms with E-state index in [1.54, 1.807) is 4.90 Å². The summed E-state index contributed by atoms with van der Waals surface area (Å²) in [5.41, 5.74) is 1.14. The number of ether oxygens (including phenoxy) is 1. The molecule has 0 aromatic heterocycles. The Balaban J connectivity index is 1.64. The minimum Gasteiger partial charge on any atom is -0.384 e. The maximum atomic E-state index is 12.9. The lowest BCUT2D eigenvalue weighted by atomic mass is 9.96. The Morgan fingerprint density at radius 3 is 2.47 bits per heavy atom. The van der Waals surface area contributed by atoms with Crippen molar-refractivity contribution in [2.75, 3.05) is 37.9 Å². The van der Waals surface area contributed by atoms with Gasteiger partial charge in [-0.15, -0.1) is 0 Å². The van der Waals surface area contributed by atoms with Gasteiger partial charge in [0.05, 0.1) is 23.2 Å². The number of carbonyl (C=O) groups is 2. The summed E-state index contributed by atoms with van der Waals surface area (Å²) in [5, 5.41) is 2.90. The van der Waals surface area contributed by atoms with Gasteiger partial charge in [-0.1, -0.05) is 18.2 Å². The van der Waals surface area contributed by atoms with Crippen molar-refractivity contribution in [2.45, 2.75) is 17.7 Å². The lowest BCUT2D eigenvalue weighted by Crippen LogP contribution is -2.43. The molecule has 0 radical (unpaired) electrons. The first-order valence-electron chi connectivity index (χ1n) is 9.87. The Labute approximate surface area is 177 Å². The maximum absolute atomic E-state index is 12.9. The molecule has 1 atom stereocenters. The summed E-state index contributed by atoms with van der Waals surface area (Å²) in [7, 11) is -1.99. The van der Waals surface area contributed by atoms with E-state index in [1.807, 2.05) is 30.3 Å². The van der Waals surface area contributed by atoms with Crippen molar-refractivity contribution in [2.24, 2.45) is 5.92 Å². The third-order valence-corrected chi connectivity index (χ3v) is 6.83. The Hall–Kier alpha value is -2.71. The summed E-state index contributed by atoms with van der Waals surface area (Å²) in [5.74, 6) is -0.691. The average molecular weight is 431 g/mol. The van der Waals surface area contributed by atoms with Crippen LogP contribution < -0.4 is 5.32 Å². The molecule has 1 heterocycles. The molecule has 8 heteroatoms. The van der Waals surface area contributed by atoms with E-state index in [0.29, 0.717) is 18.7 Å². The highest BCUT2D eigenvalue weighted by Crippen LogP contribution is 2.21. The summed E-state index contributed by atoms with van der Waals surface area (Å²) in [4.78, 5) is 27.3. The number of rotatable bonds is 7. The number of nitrogens with one attached hydrogen (secondary N) is 1. The molecular weight excluding hydrogens is 404 g/mol. The number of benzene rings is 2. The topological polar surface area (TPSA) is 92.8 Å². The van der Waals surface area contributed by atoms with Gasteiger partial charge in [0.15, 0.2) is 9.84 Å². The molecule has 1 saturated heterocycles. The number of hydrogen-bond acceptors (Lipinski definition) is 5. The predicted molar refractivity (Wildman–Crippen MR) is 114 cm³/mol. The van der Waals surface area contributed by atoms with Crippen LogP contribution in [0.3, 0.4) is 0 Å².